The van der Waals surface area contributed by atoms with Crippen LogP contribution in [0, 0.1) is 5.92 Å². The first-order chi connectivity index (χ1) is 12.9. The number of carbonyl (C=O) groups excluding carboxylic acids is 3. The second-order valence-electron chi connectivity index (χ2n) is 7.01. The summed E-state index contributed by atoms with van der Waals surface area (Å²) in [5.74, 6) is 0.737. The Hall–Kier alpha value is -1.86. The van der Waals surface area contributed by atoms with Gasteiger partial charge in [0.1, 0.15) is 6.04 Å². The number of hydrogen-bond donors (Lipinski definition) is 3. The lowest BCUT2D eigenvalue weighted by Gasteiger charge is -2.26. The van der Waals surface area contributed by atoms with Crippen LogP contribution >= 0.6 is 11.8 Å². The molecule has 0 saturated carbocycles. The Bertz CT molecular complexity index is 653. The Morgan fingerprint density at radius 2 is 1.96 bits per heavy atom. The third kappa shape index (κ3) is 6.36. The number of rotatable bonds is 8. The Labute approximate surface area is 165 Å². The molecule has 2 rings (SSSR count). The third-order valence-corrected chi connectivity index (χ3v) is 6.02. The smallest absolute Gasteiger partial charge is 0.243 e. The Morgan fingerprint density at radius 3 is 2.59 bits per heavy atom. The fraction of sp³-hybridized carbons (Fsp3) is 0.550. The molecule has 1 aromatic rings. The zero-order valence-electron chi connectivity index (χ0n) is 15.9. The molecule has 4 atom stereocenters. The minimum atomic E-state index is -0.769. The van der Waals surface area contributed by atoms with Crippen molar-refractivity contribution in [3.8, 4) is 0 Å². The second-order valence-corrected chi connectivity index (χ2v) is 8.16. The summed E-state index contributed by atoms with van der Waals surface area (Å²) >= 11 is 1.65. The van der Waals surface area contributed by atoms with Crippen LogP contribution < -0.4 is 16.4 Å². The van der Waals surface area contributed by atoms with Crippen molar-refractivity contribution in [3.05, 3.63) is 35.9 Å². The van der Waals surface area contributed by atoms with Gasteiger partial charge in [-0.25, -0.2) is 0 Å². The zero-order chi connectivity index (χ0) is 19.8. The lowest BCUT2D eigenvalue weighted by molar-refractivity contribution is -0.132. The number of nitrogens with two attached hydrogens (primary N) is 1. The van der Waals surface area contributed by atoms with Gasteiger partial charge in [0, 0.05) is 24.3 Å². The largest absolute Gasteiger partial charge is 0.344 e. The normalized spacial score (nSPS) is 20.4. The van der Waals surface area contributed by atoms with Gasteiger partial charge in [0.15, 0.2) is 5.78 Å². The predicted octanol–water partition coefficient (Wildman–Crippen LogP) is 1.28. The van der Waals surface area contributed by atoms with Gasteiger partial charge in [0.05, 0.1) is 12.1 Å². The van der Waals surface area contributed by atoms with E-state index in [1.165, 1.54) is 0 Å². The van der Waals surface area contributed by atoms with Crippen LogP contribution in [0.4, 0.5) is 0 Å². The molecule has 0 spiro atoms. The highest BCUT2D eigenvalue weighted by atomic mass is 32.2. The molecule has 0 aliphatic carbocycles. The number of benzene rings is 1. The van der Waals surface area contributed by atoms with Crippen molar-refractivity contribution >= 4 is 29.4 Å². The van der Waals surface area contributed by atoms with Crippen LogP contribution in [0.1, 0.15) is 32.3 Å². The van der Waals surface area contributed by atoms with E-state index >= 15 is 0 Å². The molecule has 2 amide bonds. The van der Waals surface area contributed by atoms with Crippen molar-refractivity contribution in [1.82, 2.24) is 10.6 Å². The summed E-state index contributed by atoms with van der Waals surface area (Å²) in [6, 6.07) is 7.55. The highest BCUT2D eigenvalue weighted by Crippen LogP contribution is 2.15. The van der Waals surface area contributed by atoms with E-state index in [1.54, 1.807) is 11.8 Å². The molecule has 0 aromatic heterocycles. The molecule has 0 unspecified atom stereocenters. The maximum atomic E-state index is 12.8. The molecule has 0 bridgehead atoms. The number of hydrogen-bond acceptors (Lipinski definition) is 5. The van der Waals surface area contributed by atoms with Gasteiger partial charge in [0.2, 0.25) is 11.8 Å². The molecule has 6 nitrogen and oxygen atoms in total. The lowest BCUT2D eigenvalue weighted by Crippen LogP contribution is -2.57. The molecule has 1 aliphatic heterocycles. The molecular formula is C20H29N3O3S. The molecule has 0 radical (unpaired) electrons. The van der Waals surface area contributed by atoms with Crippen LogP contribution in [-0.4, -0.2) is 47.2 Å². The van der Waals surface area contributed by atoms with Gasteiger partial charge in [-0.05, 0) is 11.5 Å². The van der Waals surface area contributed by atoms with E-state index in [2.05, 4.69) is 10.6 Å². The van der Waals surface area contributed by atoms with E-state index in [-0.39, 0.29) is 23.5 Å². The molecule has 4 N–H and O–H groups in total. The van der Waals surface area contributed by atoms with E-state index in [9.17, 15) is 14.4 Å². The van der Waals surface area contributed by atoms with Gasteiger partial charge < -0.3 is 16.4 Å². The van der Waals surface area contributed by atoms with E-state index < -0.39 is 18.1 Å². The Balaban J connectivity index is 2.09. The minimum Gasteiger partial charge on any atom is -0.344 e. The molecule has 148 valence electrons. The van der Waals surface area contributed by atoms with Crippen LogP contribution in [0.2, 0.25) is 0 Å². The fourth-order valence-electron chi connectivity index (χ4n) is 2.87. The first-order valence-corrected chi connectivity index (χ1v) is 10.6. The number of amides is 2. The SMILES string of the molecule is CC[C@@H](C)[C@@H](N)C(=O)N[C@@H](Cc1ccccc1)C(=O)N[C@H]1CSCCC1=O. The number of thioether (sulfide) groups is 1. The van der Waals surface area contributed by atoms with E-state index in [4.69, 9.17) is 5.73 Å². The Kier molecular flexibility index (Phi) is 8.31. The number of ketones is 1. The van der Waals surface area contributed by atoms with E-state index in [0.29, 0.717) is 18.6 Å². The van der Waals surface area contributed by atoms with E-state index in [1.807, 2.05) is 44.2 Å². The predicted molar refractivity (Wildman–Crippen MR) is 108 cm³/mol. The van der Waals surface area contributed by atoms with Crippen molar-refractivity contribution in [2.45, 2.75) is 51.2 Å². The number of carbonyl (C=O) groups is 3. The van der Waals surface area contributed by atoms with E-state index in [0.717, 1.165) is 17.7 Å². The van der Waals surface area contributed by atoms with Gasteiger partial charge in [-0.15, -0.1) is 0 Å². The third-order valence-electron chi connectivity index (χ3n) is 4.96. The van der Waals surface area contributed by atoms with Crippen LogP contribution in [-0.2, 0) is 20.8 Å². The van der Waals surface area contributed by atoms with Crippen molar-refractivity contribution in [1.29, 1.82) is 0 Å². The standard InChI is InChI=1S/C20H29N3O3S/c1-3-13(2)18(21)20(26)22-15(11-14-7-5-4-6-8-14)19(25)23-16-12-27-10-9-17(16)24/h4-8,13,15-16,18H,3,9-12,21H2,1-2H3,(H,22,26)(H,23,25)/t13-,15+,16+,18-/m1/s1. The van der Waals surface area contributed by atoms with Crippen LogP contribution in [0.3, 0.4) is 0 Å². The maximum Gasteiger partial charge on any atom is 0.243 e. The van der Waals surface area contributed by atoms with Gasteiger partial charge in [-0.1, -0.05) is 50.6 Å². The topological polar surface area (TPSA) is 101 Å². The summed E-state index contributed by atoms with van der Waals surface area (Å²) < 4.78 is 0. The average molecular weight is 392 g/mol. The zero-order valence-corrected chi connectivity index (χ0v) is 16.8. The summed E-state index contributed by atoms with van der Waals surface area (Å²) in [4.78, 5) is 37.4. The van der Waals surface area contributed by atoms with Crippen LogP contribution in [0.25, 0.3) is 0 Å². The van der Waals surface area contributed by atoms with Gasteiger partial charge in [-0.3, -0.25) is 14.4 Å². The summed E-state index contributed by atoms with van der Waals surface area (Å²) in [6.07, 6.45) is 1.59. The quantitative estimate of drug-likeness (QED) is 0.620. The van der Waals surface area contributed by atoms with Crippen LogP contribution in [0.15, 0.2) is 30.3 Å². The molecular weight excluding hydrogens is 362 g/mol. The number of Topliss-reactive ketones (excluding diaryl/α,β-unsaturated/α-hetero) is 1. The Morgan fingerprint density at radius 1 is 1.26 bits per heavy atom. The molecule has 1 fully saturated rings. The second kappa shape index (κ2) is 10.5. The molecule has 27 heavy (non-hydrogen) atoms. The first-order valence-electron chi connectivity index (χ1n) is 9.43. The molecule has 7 heteroatoms. The first kappa shape index (κ1) is 21.4. The van der Waals surface area contributed by atoms with Crippen molar-refractivity contribution in [2.75, 3.05) is 11.5 Å². The molecule has 1 aliphatic rings. The van der Waals surface area contributed by atoms with Gasteiger partial charge in [-0.2, -0.15) is 11.8 Å². The minimum absolute atomic E-state index is 0.0155. The highest BCUT2D eigenvalue weighted by Gasteiger charge is 2.30. The summed E-state index contributed by atoms with van der Waals surface area (Å²) in [5, 5.41) is 5.60. The summed E-state index contributed by atoms with van der Waals surface area (Å²) in [6.45, 7) is 3.88. The maximum absolute atomic E-state index is 12.8. The molecule has 1 saturated heterocycles. The van der Waals surface area contributed by atoms with Crippen LogP contribution in [0.5, 0.6) is 0 Å². The fourth-order valence-corrected chi connectivity index (χ4v) is 3.89. The average Bonchev–Trinajstić information content (AvgIpc) is 2.68. The highest BCUT2D eigenvalue weighted by molar-refractivity contribution is 7.99. The van der Waals surface area contributed by atoms with Crippen molar-refractivity contribution in [2.24, 2.45) is 11.7 Å². The molecule has 1 heterocycles. The number of nitrogens with one attached hydrogen (secondary N) is 2. The monoisotopic (exact) mass is 391 g/mol. The van der Waals surface area contributed by atoms with Gasteiger partial charge >= 0.3 is 0 Å². The van der Waals surface area contributed by atoms with Crippen molar-refractivity contribution in [3.63, 3.8) is 0 Å². The van der Waals surface area contributed by atoms with Crippen molar-refractivity contribution < 1.29 is 14.4 Å². The lowest BCUT2D eigenvalue weighted by atomic mass is 9.98. The molecule has 1 aromatic carbocycles. The van der Waals surface area contributed by atoms with Gasteiger partial charge in [0.25, 0.3) is 0 Å². The summed E-state index contributed by atoms with van der Waals surface area (Å²) in [5.41, 5.74) is 6.95. The summed E-state index contributed by atoms with van der Waals surface area (Å²) in [7, 11) is 0.